The molecule has 2 N–H and O–H groups in total. The highest BCUT2D eigenvalue weighted by molar-refractivity contribution is 9.11. The van der Waals surface area contributed by atoms with Crippen LogP contribution < -0.4 is 15.2 Å². The van der Waals surface area contributed by atoms with Crippen LogP contribution in [0.1, 0.15) is 18.9 Å². The molecule has 0 saturated heterocycles. The van der Waals surface area contributed by atoms with Crippen molar-refractivity contribution >= 4 is 15.9 Å². The number of rotatable bonds is 7. The van der Waals surface area contributed by atoms with E-state index in [4.69, 9.17) is 15.2 Å². The van der Waals surface area contributed by atoms with Crippen LogP contribution in [-0.2, 0) is 6.42 Å². The number of benzene rings is 1. The fourth-order valence-electron chi connectivity index (χ4n) is 1.56. The van der Waals surface area contributed by atoms with E-state index >= 15 is 0 Å². The lowest BCUT2D eigenvalue weighted by Gasteiger charge is -2.14. The first-order valence-corrected chi connectivity index (χ1v) is 6.74. The van der Waals surface area contributed by atoms with E-state index in [9.17, 15) is 0 Å². The molecule has 0 fully saturated rings. The molecule has 0 aliphatic carbocycles. The van der Waals surface area contributed by atoms with Crippen molar-refractivity contribution in [3.63, 3.8) is 0 Å². The molecular weight excluding hydrogens is 294 g/mol. The van der Waals surface area contributed by atoms with Gasteiger partial charge in [-0.3, -0.25) is 0 Å². The minimum Gasteiger partial charge on any atom is -0.493 e. The van der Waals surface area contributed by atoms with E-state index in [2.05, 4.69) is 29.4 Å². The molecule has 1 atom stereocenters. The maximum atomic E-state index is 5.95. The van der Waals surface area contributed by atoms with Crippen LogP contribution in [0.5, 0.6) is 11.5 Å². The average molecular weight is 314 g/mol. The van der Waals surface area contributed by atoms with E-state index < -0.39 is 0 Å². The van der Waals surface area contributed by atoms with Crippen LogP contribution in [0.4, 0.5) is 0 Å². The third-order valence-electron chi connectivity index (χ3n) is 2.63. The highest BCUT2D eigenvalue weighted by Gasteiger charge is 2.08. The fourth-order valence-corrected chi connectivity index (χ4v) is 1.68. The summed E-state index contributed by atoms with van der Waals surface area (Å²) in [6.45, 7) is 6.24. The zero-order valence-corrected chi connectivity index (χ0v) is 12.5. The molecule has 3 nitrogen and oxygen atoms in total. The van der Waals surface area contributed by atoms with Gasteiger partial charge < -0.3 is 15.2 Å². The Hall–Kier alpha value is -1.00. The maximum absolute atomic E-state index is 5.95. The lowest BCUT2D eigenvalue weighted by Crippen LogP contribution is -2.21. The molecular formula is C14H20BrNO2. The van der Waals surface area contributed by atoms with Gasteiger partial charge in [-0.15, -0.1) is 0 Å². The first-order chi connectivity index (χ1) is 8.56. The summed E-state index contributed by atoms with van der Waals surface area (Å²) in [5, 5.41) is 0. The summed E-state index contributed by atoms with van der Waals surface area (Å²) in [5.74, 6) is 1.44. The molecule has 0 bridgehead atoms. The predicted octanol–water partition coefficient (Wildman–Crippen LogP) is 3.26. The van der Waals surface area contributed by atoms with Gasteiger partial charge >= 0.3 is 0 Å². The van der Waals surface area contributed by atoms with Crippen molar-refractivity contribution in [3.8, 4) is 11.5 Å². The predicted molar refractivity (Wildman–Crippen MR) is 78.5 cm³/mol. The van der Waals surface area contributed by atoms with Gasteiger partial charge in [0.15, 0.2) is 11.5 Å². The first kappa shape index (κ1) is 15.1. The van der Waals surface area contributed by atoms with E-state index in [0.29, 0.717) is 6.61 Å². The summed E-state index contributed by atoms with van der Waals surface area (Å²) in [6, 6.07) is 6.08. The van der Waals surface area contributed by atoms with E-state index in [-0.39, 0.29) is 6.04 Å². The Labute approximate surface area is 117 Å². The van der Waals surface area contributed by atoms with Crippen LogP contribution in [-0.4, -0.2) is 19.8 Å². The number of hydrogen-bond acceptors (Lipinski definition) is 3. The molecule has 100 valence electrons. The zero-order valence-electron chi connectivity index (χ0n) is 10.9. The Morgan fingerprint density at radius 3 is 2.72 bits per heavy atom. The molecule has 0 aliphatic heterocycles. The lowest BCUT2D eigenvalue weighted by molar-refractivity contribution is 0.324. The monoisotopic (exact) mass is 313 g/mol. The standard InChI is InChI=1S/C14H20BrNO2/c1-4-12(16)7-11-5-6-13(17-3)14(8-11)18-9-10(2)15/h5-6,8,12H,2,4,7,9,16H2,1,3H3. The maximum Gasteiger partial charge on any atom is 0.161 e. The zero-order chi connectivity index (χ0) is 13.5. The molecule has 0 aliphatic rings. The quantitative estimate of drug-likeness (QED) is 0.840. The van der Waals surface area contributed by atoms with Gasteiger partial charge in [-0.2, -0.15) is 0 Å². The van der Waals surface area contributed by atoms with Crippen molar-refractivity contribution in [2.45, 2.75) is 25.8 Å². The molecule has 0 amide bonds. The molecule has 0 aromatic heterocycles. The first-order valence-electron chi connectivity index (χ1n) is 5.95. The fraction of sp³-hybridized carbons (Fsp3) is 0.429. The van der Waals surface area contributed by atoms with Crippen LogP contribution in [0.3, 0.4) is 0 Å². The lowest BCUT2D eigenvalue weighted by atomic mass is 10.0. The van der Waals surface area contributed by atoms with Crippen LogP contribution in [0.25, 0.3) is 0 Å². The average Bonchev–Trinajstić information content (AvgIpc) is 2.36. The Kier molecular flexibility index (Phi) is 6.22. The second-order valence-electron chi connectivity index (χ2n) is 4.16. The van der Waals surface area contributed by atoms with Crippen molar-refractivity contribution in [2.75, 3.05) is 13.7 Å². The molecule has 18 heavy (non-hydrogen) atoms. The van der Waals surface area contributed by atoms with Gasteiger partial charge in [-0.1, -0.05) is 35.5 Å². The highest BCUT2D eigenvalue weighted by atomic mass is 79.9. The van der Waals surface area contributed by atoms with Gasteiger partial charge in [-0.25, -0.2) is 0 Å². The minimum atomic E-state index is 0.178. The van der Waals surface area contributed by atoms with E-state index in [1.54, 1.807) is 7.11 Å². The van der Waals surface area contributed by atoms with Gasteiger partial charge in [0.25, 0.3) is 0 Å². The minimum absolute atomic E-state index is 0.178. The smallest absolute Gasteiger partial charge is 0.161 e. The van der Waals surface area contributed by atoms with Crippen molar-refractivity contribution in [1.29, 1.82) is 0 Å². The van der Waals surface area contributed by atoms with Gasteiger partial charge in [-0.05, 0) is 30.5 Å². The number of nitrogens with two attached hydrogens (primary N) is 1. The van der Waals surface area contributed by atoms with Crippen molar-refractivity contribution in [1.82, 2.24) is 0 Å². The van der Waals surface area contributed by atoms with Crippen LogP contribution in [0.15, 0.2) is 29.3 Å². The summed E-state index contributed by atoms with van der Waals surface area (Å²) in [4.78, 5) is 0. The second-order valence-corrected chi connectivity index (χ2v) is 5.29. The summed E-state index contributed by atoms with van der Waals surface area (Å²) >= 11 is 3.27. The number of methoxy groups -OCH3 is 1. The molecule has 0 heterocycles. The third kappa shape index (κ3) is 4.70. The summed E-state index contributed by atoms with van der Waals surface area (Å²) < 4.78 is 11.7. The van der Waals surface area contributed by atoms with E-state index in [1.165, 1.54) is 0 Å². The number of ether oxygens (including phenoxy) is 2. The third-order valence-corrected chi connectivity index (χ3v) is 2.86. The topological polar surface area (TPSA) is 44.5 Å². The van der Waals surface area contributed by atoms with E-state index in [1.807, 2.05) is 18.2 Å². The normalized spacial score (nSPS) is 12.0. The van der Waals surface area contributed by atoms with Crippen LogP contribution >= 0.6 is 15.9 Å². The molecule has 1 rings (SSSR count). The Balaban J connectivity index is 2.83. The van der Waals surface area contributed by atoms with Gasteiger partial charge in [0, 0.05) is 10.5 Å². The van der Waals surface area contributed by atoms with Crippen LogP contribution in [0.2, 0.25) is 0 Å². The SMILES string of the molecule is C=C(Br)COc1cc(CC(N)CC)ccc1OC. The Morgan fingerprint density at radius 1 is 1.44 bits per heavy atom. The van der Waals surface area contributed by atoms with Crippen molar-refractivity contribution in [3.05, 3.63) is 34.8 Å². The Bertz CT molecular complexity index is 407. The molecule has 1 unspecified atom stereocenters. The number of halogens is 1. The van der Waals surface area contributed by atoms with Gasteiger partial charge in [0.05, 0.1) is 7.11 Å². The summed E-state index contributed by atoms with van der Waals surface area (Å²) in [5.41, 5.74) is 7.11. The second kappa shape index (κ2) is 7.44. The number of hydrogen-bond donors (Lipinski definition) is 1. The molecule has 0 saturated carbocycles. The van der Waals surface area contributed by atoms with Crippen molar-refractivity contribution < 1.29 is 9.47 Å². The molecule has 1 aromatic rings. The Morgan fingerprint density at radius 2 is 2.17 bits per heavy atom. The summed E-state index contributed by atoms with van der Waals surface area (Å²) in [6.07, 6.45) is 1.80. The summed E-state index contributed by atoms with van der Waals surface area (Å²) in [7, 11) is 1.63. The highest BCUT2D eigenvalue weighted by Crippen LogP contribution is 2.29. The van der Waals surface area contributed by atoms with Crippen LogP contribution in [0, 0.1) is 0 Å². The van der Waals surface area contributed by atoms with Gasteiger partial charge in [0.2, 0.25) is 0 Å². The van der Waals surface area contributed by atoms with E-state index in [0.717, 1.165) is 34.4 Å². The van der Waals surface area contributed by atoms with Gasteiger partial charge in [0.1, 0.15) is 6.61 Å². The largest absolute Gasteiger partial charge is 0.493 e. The molecule has 4 heteroatoms. The molecule has 1 aromatic carbocycles. The molecule has 0 spiro atoms. The van der Waals surface area contributed by atoms with Crippen molar-refractivity contribution in [2.24, 2.45) is 5.73 Å². The molecule has 0 radical (unpaired) electrons.